The fraction of sp³-hybridized carbons (Fsp3) is 0.0455. The lowest BCUT2D eigenvalue weighted by Gasteiger charge is -2.12. The van der Waals surface area contributed by atoms with E-state index < -0.39 is 5.97 Å². The Morgan fingerprint density at radius 3 is 2.38 bits per heavy atom. The topological polar surface area (TPSA) is 87.1 Å². The highest BCUT2D eigenvalue weighted by molar-refractivity contribution is 5.90. The average Bonchev–Trinajstić information content (AvgIpc) is 2.73. The standard InChI is InChI=1S/C22H17FN4O2/c23-16-9-5-14(6-10-16)13-24-20-18-3-1-2-4-19(18)26-22(27-20)25-17-11-7-15(8-12-17)21(28)29/h1-12H,13H2,(H,28,29)(H2,24,25,26,27). The number of halogens is 1. The molecule has 0 unspecified atom stereocenters. The predicted molar refractivity (Wildman–Crippen MR) is 110 cm³/mol. The second-order valence-corrected chi connectivity index (χ2v) is 6.40. The Kier molecular flexibility index (Phi) is 5.03. The normalized spacial score (nSPS) is 10.7. The number of aromatic nitrogens is 2. The molecule has 0 fully saturated rings. The largest absolute Gasteiger partial charge is 0.478 e. The van der Waals surface area contributed by atoms with Crippen LogP contribution < -0.4 is 10.6 Å². The van der Waals surface area contributed by atoms with Crippen molar-refractivity contribution in [3.8, 4) is 0 Å². The summed E-state index contributed by atoms with van der Waals surface area (Å²) in [5.41, 5.74) is 2.56. The zero-order chi connectivity index (χ0) is 20.2. The molecule has 0 spiro atoms. The van der Waals surface area contributed by atoms with Crippen molar-refractivity contribution in [1.82, 2.24) is 9.97 Å². The predicted octanol–water partition coefficient (Wildman–Crippen LogP) is 4.82. The number of carboxylic acids is 1. The molecule has 144 valence electrons. The quantitative estimate of drug-likeness (QED) is 0.439. The molecule has 0 atom stereocenters. The molecule has 3 aromatic carbocycles. The molecule has 7 heteroatoms. The van der Waals surface area contributed by atoms with Gasteiger partial charge >= 0.3 is 5.97 Å². The first-order valence-corrected chi connectivity index (χ1v) is 8.94. The first kappa shape index (κ1) is 18.4. The van der Waals surface area contributed by atoms with Crippen LogP contribution in [0.1, 0.15) is 15.9 Å². The van der Waals surface area contributed by atoms with Gasteiger partial charge in [-0.15, -0.1) is 0 Å². The smallest absolute Gasteiger partial charge is 0.335 e. The van der Waals surface area contributed by atoms with E-state index in [2.05, 4.69) is 20.6 Å². The van der Waals surface area contributed by atoms with E-state index in [9.17, 15) is 9.18 Å². The number of rotatable bonds is 6. The van der Waals surface area contributed by atoms with Gasteiger partial charge in [0.1, 0.15) is 11.6 Å². The monoisotopic (exact) mass is 388 g/mol. The maximum atomic E-state index is 13.1. The molecule has 0 saturated carbocycles. The summed E-state index contributed by atoms with van der Waals surface area (Å²) in [6, 6.07) is 20.2. The van der Waals surface area contributed by atoms with Crippen LogP contribution in [0.3, 0.4) is 0 Å². The van der Waals surface area contributed by atoms with Crippen molar-refractivity contribution in [2.45, 2.75) is 6.54 Å². The van der Waals surface area contributed by atoms with Crippen molar-refractivity contribution in [2.24, 2.45) is 0 Å². The Bertz CT molecular complexity index is 1160. The first-order chi connectivity index (χ1) is 14.1. The van der Waals surface area contributed by atoms with Crippen LogP contribution in [0.5, 0.6) is 0 Å². The van der Waals surface area contributed by atoms with E-state index in [1.165, 1.54) is 24.3 Å². The third-order valence-electron chi connectivity index (χ3n) is 4.36. The first-order valence-electron chi connectivity index (χ1n) is 8.94. The van der Waals surface area contributed by atoms with Gasteiger partial charge in [-0.2, -0.15) is 4.98 Å². The van der Waals surface area contributed by atoms with Gasteiger partial charge in [0.2, 0.25) is 5.95 Å². The molecule has 0 saturated heterocycles. The van der Waals surface area contributed by atoms with E-state index in [0.29, 0.717) is 24.0 Å². The maximum absolute atomic E-state index is 13.1. The average molecular weight is 388 g/mol. The number of fused-ring (bicyclic) bond motifs is 1. The summed E-state index contributed by atoms with van der Waals surface area (Å²) in [5.74, 6) is -0.231. The van der Waals surface area contributed by atoms with E-state index in [-0.39, 0.29) is 11.4 Å². The van der Waals surface area contributed by atoms with E-state index in [1.54, 1.807) is 24.3 Å². The fourth-order valence-corrected chi connectivity index (χ4v) is 2.88. The van der Waals surface area contributed by atoms with Gasteiger partial charge in [0.15, 0.2) is 0 Å². The summed E-state index contributed by atoms with van der Waals surface area (Å²) in [6.45, 7) is 0.480. The lowest BCUT2D eigenvalue weighted by atomic mass is 10.2. The molecule has 3 N–H and O–H groups in total. The number of carboxylic acid groups (broad SMARTS) is 1. The van der Waals surface area contributed by atoms with Crippen molar-refractivity contribution < 1.29 is 14.3 Å². The summed E-state index contributed by atoms with van der Waals surface area (Å²) in [5, 5.41) is 16.3. The second-order valence-electron chi connectivity index (χ2n) is 6.40. The van der Waals surface area contributed by atoms with Gasteiger partial charge in [0.05, 0.1) is 11.1 Å². The number of nitrogens with zero attached hydrogens (tertiary/aromatic N) is 2. The van der Waals surface area contributed by atoms with Gasteiger partial charge in [0.25, 0.3) is 0 Å². The van der Waals surface area contributed by atoms with E-state index in [4.69, 9.17) is 5.11 Å². The minimum absolute atomic E-state index is 0.205. The minimum Gasteiger partial charge on any atom is -0.478 e. The number of benzene rings is 3. The maximum Gasteiger partial charge on any atom is 0.335 e. The third-order valence-corrected chi connectivity index (χ3v) is 4.36. The number of hydrogen-bond acceptors (Lipinski definition) is 5. The number of hydrogen-bond donors (Lipinski definition) is 3. The molecule has 0 bridgehead atoms. The fourth-order valence-electron chi connectivity index (χ4n) is 2.88. The number of aromatic carboxylic acids is 1. The summed E-state index contributed by atoms with van der Waals surface area (Å²) in [7, 11) is 0. The number of para-hydroxylation sites is 1. The Morgan fingerprint density at radius 2 is 1.66 bits per heavy atom. The molecular formula is C22H17FN4O2. The van der Waals surface area contributed by atoms with Gasteiger partial charge in [-0.05, 0) is 54.1 Å². The number of nitrogens with one attached hydrogen (secondary N) is 2. The molecule has 29 heavy (non-hydrogen) atoms. The van der Waals surface area contributed by atoms with Crippen molar-refractivity contribution in [1.29, 1.82) is 0 Å². The minimum atomic E-state index is -0.981. The molecule has 0 aliphatic rings. The van der Waals surface area contributed by atoms with E-state index >= 15 is 0 Å². The summed E-state index contributed by atoms with van der Waals surface area (Å²) < 4.78 is 13.1. The molecule has 4 rings (SSSR count). The Hall–Kier alpha value is -4.00. The molecule has 0 radical (unpaired) electrons. The van der Waals surface area contributed by atoms with Crippen molar-refractivity contribution >= 4 is 34.3 Å². The summed E-state index contributed by atoms with van der Waals surface area (Å²) in [4.78, 5) is 20.1. The molecule has 1 aromatic heterocycles. The lowest BCUT2D eigenvalue weighted by molar-refractivity contribution is 0.0697. The zero-order valence-electron chi connectivity index (χ0n) is 15.3. The van der Waals surface area contributed by atoms with Crippen LogP contribution in [0.15, 0.2) is 72.8 Å². The van der Waals surface area contributed by atoms with Crippen molar-refractivity contribution in [2.75, 3.05) is 10.6 Å². The Morgan fingerprint density at radius 1 is 0.931 bits per heavy atom. The van der Waals surface area contributed by atoms with Crippen LogP contribution in [0, 0.1) is 5.82 Å². The van der Waals surface area contributed by atoms with Gasteiger partial charge < -0.3 is 15.7 Å². The molecule has 0 aliphatic carbocycles. The van der Waals surface area contributed by atoms with Gasteiger partial charge in [0, 0.05) is 17.6 Å². The van der Waals surface area contributed by atoms with E-state index in [0.717, 1.165) is 16.5 Å². The zero-order valence-corrected chi connectivity index (χ0v) is 15.3. The molecule has 0 amide bonds. The van der Waals surface area contributed by atoms with Crippen molar-refractivity contribution in [3.05, 3.63) is 89.7 Å². The van der Waals surface area contributed by atoms with Crippen LogP contribution in [0.4, 0.5) is 21.8 Å². The van der Waals surface area contributed by atoms with Gasteiger partial charge in [-0.3, -0.25) is 0 Å². The molecular weight excluding hydrogens is 371 g/mol. The molecule has 6 nitrogen and oxygen atoms in total. The van der Waals surface area contributed by atoms with Crippen LogP contribution in [0.2, 0.25) is 0 Å². The highest BCUT2D eigenvalue weighted by Gasteiger charge is 2.09. The van der Waals surface area contributed by atoms with Gasteiger partial charge in [-0.1, -0.05) is 24.3 Å². The molecule has 0 aliphatic heterocycles. The summed E-state index contributed by atoms with van der Waals surface area (Å²) in [6.07, 6.45) is 0. The molecule has 4 aromatic rings. The highest BCUT2D eigenvalue weighted by Crippen LogP contribution is 2.24. The summed E-state index contributed by atoms with van der Waals surface area (Å²) >= 11 is 0. The van der Waals surface area contributed by atoms with Crippen LogP contribution in [-0.2, 0) is 6.54 Å². The highest BCUT2D eigenvalue weighted by atomic mass is 19.1. The number of carbonyl (C=O) groups is 1. The Balaban J connectivity index is 1.61. The van der Waals surface area contributed by atoms with E-state index in [1.807, 2.05) is 24.3 Å². The van der Waals surface area contributed by atoms with Crippen molar-refractivity contribution in [3.63, 3.8) is 0 Å². The Labute approximate surface area is 166 Å². The lowest BCUT2D eigenvalue weighted by Crippen LogP contribution is -2.06. The van der Waals surface area contributed by atoms with Crippen LogP contribution >= 0.6 is 0 Å². The second kappa shape index (κ2) is 7.93. The van der Waals surface area contributed by atoms with Gasteiger partial charge in [-0.25, -0.2) is 14.2 Å². The molecule has 1 heterocycles. The third kappa shape index (κ3) is 4.30. The SMILES string of the molecule is O=C(O)c1ccc(Nc2nc(NCc3ccc(F)cc3)c3ccccc3n2)cc1. The number of anilines is 3. The van der Waals surface area contributed by atoms with Crippen LogP contribution in [-0.4, -0.2) is 21.0 Å². The van der Waals surface area contributed by atoms with Crippen LogP contribution in [0.25, 0.3) is 10.9 Å².